The Hall–Kier alpha value is -2.58. The third kappa shape index (κ3) is 6.47. The number of anilines is 1. The van der Waals surface area contributed by atoms with E-state index in [1.807, 2.05) is 13.0 Å². The Bertz CT molecular complexity index is 898. The quantitative estimate of drug-likeness (QED) is 0.329. The molecular weight excluding hydrogens is 392 g/mol. The highest BCUT2D eigenvalue weighted by atomic mass is 32.2. The molecule has 0 unspecified atom stereocenters. The first-order chi connectivity index (χ1) is 13.9. The largest absolute Gasteiger partial charge is 0.497 e. The Morgan fingerprint density at radius 2 is 1.76 bits per heavy atom. The van der Waals surface area contributed by atoms with Crippen molar-refractivity contribution in [3.8, 4) is 5.75 Å². The summed E-state index contributed by atoms with van der Waals surface area (Å²) in [6.07, 6.45) is 3.08. The molecular formula is C21H28N2O5S. The lowest BCUT2D eigenvalue weighted by molar-refractivity contribution is -0.129. The van der Waals surface area contributed by atoms with E-state index in [9.17, 15) is 13.2 Å². The fourth-order valence-corrected chi connectivity index (χ4v) is 4.60. The van der Waals surface area contributed by atoms with Crippen LogP contribution in [0, 0.1) is 6.92 Å². The molecule has 0 spiro atoms. The van der Waals surface area contributed by atoms with E-state index in [4.69, 9.17) is 9.94 Å². The Morgan fingerprint density at radius 1 is 1.07 bits per heavy atom. The van der Waals surface area contributed by atoms with Crippen LogP contribution in [0.5, 0.6) is 5.75 Å². The van der Waals surface area contributed by atoms with E-state index in [1.165, 1.54) is 4.31 Å². The van der Waals surface area contributed by atoms with Gasteiger partial charge in [-0.25, -0.2) is 13.9 Å². The van der Waals surface area contributed by atoms with Gasteiger partial charge in [0.1, 0.15) is 5.75 Å². The lowest BCUT2D eigenvalue weighted by Gasteiger charge is -2.25. The van der Waals surface area contributed by atoms with Crippen molar-refractivity contribution in [2.75, 3.05) is 18.0 Å². The van der Waals surface area contributed by atoms with Crippen LogP contribution in [-0.2, 0) is 14.8 Å². The topological polar surface area (TPSA) is 95.9 Å². The van der Waals surface area contributed by atoms with Crippen LogP contribution in [-0.4, -0.2) is 33.2 Å². The minimum atomic E-state index is -3.71. The maximum atomic E-state index is 13.3. The molecule has 0 heterocycles. The minimum Gasteiger partial charge on any atom is -0.497 e. The molecule has 0 aliphatic carbocycles. The zero-order valence-corrected chi connectivity index (χ0v) is 17.6. The molecule has 0 atom stereocenters. The summed E-state index contributed by atoms with van der Waals surface area (Å²) in [5, 5.41) is 8.51. The number of carbonyl (C=O) groups excluding carboxylic acids is 1. The van der Waals surface area contributed by atoms with E-state index in [-0.39, 0.29) is 11.3 Å². The number of nitrogens with zero attached hydrogens (tertiary/aromatic N) is 1. The fourth-order valence-electron chi connectivity index (χ4n) is 2.99. The highest BCUT2D eigenvalue weighted by Crippen LogP contribution is 2.27. The number of nitrogens with one attached hydrogen (secondary N) is 1. The molecule has 8 heteroatoms. The number of unbranched alkanes of at least 4 members (excludes halogenated alkanes) is 3. The summed E-state index contributed by atoms with van der Waals surface area (Å²) in [5.74, 6) is 0.246. The highest BCUT2D eigenvalue weighted by Gasteiger charge is 2.24. The Balaban J connectivity index is 2.14. The molecule has 0 saturated carbocycles. The van der Waals surface area contributed by atoms with Gasteiger partial charge in [-0.3, -0.25) is 14.3 Å². The lowest BCUT2D eigenvalue weighted by atomic mass is 10.1. The number of carbonyl (C=O) groups is 1. The molecule has 7 nitrogen and oxygen atoms in total. The molecule has 158 valence electrons. The van der Waals surface area contributed by atoms with Crippen molar-refractivity contribution in [2.45, 2.75) is 43.9 Å². The minimum absolute atomic E-state index is 0.250. The summed E-state index contributed by atoms with van der Waals surface area (Å²) >= 11 is 0. The second-order valence-corrected chi connectivity index (χ2v) is 8.65. The lowest BCUT2D eigenvalue weighted by Crippen LogP contribution is -2.32. The maximum Gasteiger partial charge on any atom is 0.264 e. The van der Waals surface area contributed by atoms with Gasteiger partial charge in [-0.2, -0.15) is 0 Å². The molecule has 0 radical (unpaired) electrons. The number of hydrogen-bond donors (Lipinski definition) is 2. The van der Waals surface area contributed by atoms with Gasteiger partial charge >= 0.3 is 0 Å². The fraction of sp³-hybridized carbons (Fsp3) is 0.381. The van der Waals surface area contributed by atoms with Crippen LogP contribution in [0.15, 0.2) is 53.4 Å². The highest BCUT2D eigenvalue weighted by molar-refractivity contribution is 7.92. The Kier molecular flexibility index (Phi) is 8.48. The molecule has 2 aromatic carbocycles. The first kappa shape index (κ1) is 22.7. The predicted molar refractivity (Wildman–Crippen MR) is 112 cm³/mol. The van der Waals surface area contributed by atoms with Crippen LogP contribution in [0.3, 0.4) is 0 Å². The van der Waals surface area contributed by atoms with Crippen LogP contribution < -0.4 is 14.5 Å². The van der Waals surface area contributed by atoms with Gasteiger partial charge in [-0.1, -0.05) is 25.0 Å². The van der Waals surface area contributed by atoms with Gasteiger partial charge in [0.2, 0.25) is 5.91 Å². The molecule has 0 aromatic heterocycles. The number of aryl methyl sites for hydroxylation is 1. The number of hydrogen-bond acceptors (Lipinski definition) is 5. The number of methoxy groups -OCH3 is 1. The summed E-state index contributed by atoms with van der Waals surface area (Å²) in [6.45, 7) is 2.19. The second-order valence-electron chi connectivity index (χ2n) is 6.79. The van der Waals surface area contributed by atoms with Crippen LogP contribution in [0.4, 0.5) is 5.69 Å². The van der Waals surface area contributed by atoms with Gasteiger partial charge in [0, 0.05) is 13.0 Å². The third-order valence-corrected chi connectivity index (χ3v) is 6.40. The van der Waals surface area contributed by atoms with Crippen LogP contribution >= 0.6 is 0 Å². The molecule has 0 fully saturated rings. The zero-order valence-electron chi connectivity index (χ0n) is 16.8. The molecule has 2 N–H and O–H groups in total. The Labute approximate surface area is 172 Å². The van der Waals surface area contributed by atoms with Crippen molar-refractivity contribution < 1.29 is 23.2 Å². The molecule has 0 saturated heterocycles. The van der Waals surface area contributed by atoms with Gasteiger partial charge < -0.3 is 4.74 Å². The van der Waals surface area contributed by atoms with Crippen molar-refractivity contribution in [1.82, 2.24) is 5.48 Å². The molecule has 2 rings (SSSR count). The standard InChI is InChI=1S/C21H28N2O5S/c1-17-8-7-9-20(16-17)29(26,27)23(18-11-13-19(28-2)14-12-18)15-6-4-3-5-10-21(24)22-25/h7-9,11-14,16,25H,3-6,10,15H2,1-2H3,(H,22,24). The monoisotopic (exact) mass is 420 g/mol. The average Bonchev–Trinajstić information content (AvgIpc) is 2.73. The van der Waals surface area contributed by atoms with E-state index in [0.29, 0.717) is 30.8 Å². The number of sulfonamides is 1. The number of amides is 1. The third-order valence-electron chi connectivity index (χ3n) is 4.58. The van der Waals surface area contributed by atoms with E-state index < -0.39 is 15.9 Å². The average molecular weight is 421 g/mol. The summed E-state index contributed by atoms with van der Waals surface area (Å²) in [7, 11) is -2.15. The van der Waals surface area contributed by atoms with Crippen LogP contribution in [0.25, 0.3) is 0 Å². The molecule has 0 aliphatic rings. The van der Waals surface area contributed by atoms with Crippen molar-refractivity contribution in [2.24, 2.45) is 0 Å². The van der Waals surface area contributed by atoms with E-state index >= 15 is 0 Å². The van der Waals surface area contributed by atoms with Gasteiger partial charge in [0.05, 0.1) is 17.7 Å². The summed E-state index contributed by atoms with van der Waals surface area (Å²) in [6, 6.07) is 13.8. The van der Waals surface area contributed by atoms with Crippen molar-refractivity contribution in [3.63, 3.8) is 0 Å². The normalized spacial score (nSPS) is 11.1. The first-order valence-electron chi connectivity index (χ1n) is 9.55. The maximum absolute atomic E-state index is 13.3. The van der Waals surface area contributed by atoms with Crippen molar-refractivity contribution >= 4 is 21.6 Å². The molecule has 1 amide bonds. The van der Waals surface area contributed by atoms with E-state index in [2.05, 4.69) is 0 Å². The van der Waals surface area contributed by atoms with Gasteiger partial charge in [0.15, 0.2) is 0 Å². The number of hydroxylamine groups is 1. The smallest absolute Gasteiger partial charge is 0.264 e. The number of benzene rings is 2. The number of rotatable bonds is 11. The summed E-state index contributed by atoms with van der Waals surface area (Å²) in [4.78, 5) is 11.3. The van der Waals surface area contributed by atoms with E-state index in [0.717, 1.165) is 18.4 Å². The summed E-state index contributed by atoms with van der Waals surface area (Å²) in [5.41, 5.74) is 3.06. The van der Waals surface area contributed by atoms with Crippen molar-refractivity contribution in [3.05, 3.63) is 54.1 Å². The number of ether oxygens (including phenoxy) is 1. The molecule has 0 aliphatic heterocycles. The van der Waals surface area contributed by atoms with Crippen LogP contribution in [0.2, 0.25) is 0 Å². The summed E-state index contributed by atoms with van der Waals surface area (Å²) < 4.78 is 33.2. The van der Waals surface area contributed by atoms with Gasteiger partial charge in [-0.05, 0) is 61.7 Å². The van der Waals surface area contributed by atoms with Gasteiger partial charge in [0.25, 0.3) is 10.0 Å². The molecule has 29 heavy (non-hydrogen) atoms. The Morgan fingerprint density at radius 3 is 2.38 bits per heavy atom. The van der Waals surface area contributed by atoms with Crippen LogP contribution in [0.1, 0.15) is 37.7 Å². The predicted octanol–water partition coefficient (Wildman–Crippen LogP) is 3.65. The first-order valence-corrected chi connectivity index (χ1v) is 11.0. The zero-order chi connectivity index (χ0) is 21.3. The van der Waals surface area contributed by atoms with E-state index in [1.54, 1.807) is 55.1 Å². The SMILES string of the molecule is COc1ccc(N(CCCCCCC(=O)NO)S(=O)(=O)c2cccc(C)c2)cc1. The van der Waals surface area contributed by atoms with Crippen molar-refractivity contribution in [1.29, 1.82) is 0 Å². The second kappa shape index (κ2) is 10.8. The van der Waals surface area contributed by atoms with Gasteiger partial charge in [-0.15, -0.1) is 0 Å². The molecule has 2 aromatic rings. The molecule has 0 bridgehead atoms.